The molecule has 1 heterocycles. The van der Waals surface area contributed by atoms with Gasteiger partial charge in [0.05, 0.1) is 5.56 Å². The number of nitrogens with one attached hydrogen (secondary N) is 1. The molecule has 0 bridgehead atoms. The lowest BCUT2D eigenvalue weighted by Gasteiger charge is -2.16. The van der Waals surface area contributed by atoms with Crippen LogP contribution in [-0.2, 0) is 0 Å². The molecule has 102 valence electrons. The van der Waals surface area contributed by atoms with Crippen LogP contribution in [0, 0.1) is 11.8 Å². The van der Waals surface area contributed by atoms with Crippen LogP contribution in [0.3, 0.4) is 0 Å². The van der Waals surface area contributed by atoms with E-state index in [4.69, 9.17) is 5.11 Å². The van der Waals surface area contributed by atoms with E-state index in [2.05, 4.69) is 29.1 Å². The zero-order valence-electron chi connectivity index (χ0n) is 11.4. The first-order valence-corrected chi connectivity index (χ1v) is 6.58. The van der Waals surface area contributed by atoms with Gasteiger partial charge in [-0.2, -0.15) is 0 Å². The molecule has 0 aromatic carbocycles. The molecule has 4 nitrogen and oxygen atoms in total. The summed E-state index contributed by atoms with van der Waals surface area (Å²) in [7, 11) is 0. The van der Waals surface area contributed by atoms with Crippen molar-refractivity contribution in [1.82, 2.24) is 10.3 Å². The zero-order chi connectivity index (χ0) is 14.1. The van der Waals surface area contributed by atoms with Crippen molar-refractivity contribution in [2.75, 3.05) is 6.61 Å². The van der Waals surface area contributed by atoms with Crippen LogP contribution in [-0.4, -0.2) is 28.6 Å². The van der Waals surface area contributed by atoms with Gasteiger partial charge >= 0.3 is 0 Å². The SMILES string of the molecule is CCCC(CC)NC(=O)c1ncccc1C#CCO. The van der Waals surface area contributed by atoms with Gasteiger partial charge in [0.1, 0.15) is 12.3 Å². The predicted octanol–water partition coefficient (Wildman–Crippen LogP) is 1.73. The molecule has 0 radical (unpaired) electrons. The average molecular weight is 260 g/mol. The number of hydrogen-bond donors (Lipinski definition) is 2. The average Bonchev–Trinajstić information content (AvgIpc) is 2.44. The second-order valence-electron chi connectivity index (χ2n) is 4.23. The van der Waals surface area contributed by atoms with Crippen molar-refractivity contribution in [1.29, 1.82) is 0 Å². The highest BCUT2D eigenvalue weighted by Gasteiger charge is 2.15. The van der Waals surface area contributed by atoms with E-state index in [9.17, 15) is 4.79 Å². The van der Waals surface area contributed by atoms with E-state index in [1.165, 1.54) is 0 Å². The maximum atomic E-state index is 12.2. The molecular formula is C15H20N2O2. The fourth-order valence-electron chi connectivity index (χ4n) is 1.80. The molecule has 1 rings (SSSR count). The number of carbonyl (C=O) groups excluding carboxylic acids is 1. The molecule has 0 fully saturated rings. The van der Waals surface area contributed by atoms with Crippen molar-refractivity contribution >= 4 is 5.91 Å². The first kappa shape index (κ1) is 15.2. The Hall–Kier alpha value is -1.86. The third-order valence-corrected chi connectivity index (χ3v) is 2.79. The van der Waals surface area contributed by atoms with Crippen molar-refractivity contribution in [3.8, 4) is 11.8 Å². The van der Waals surface area contributed by atoms with Gasteiger partial charge < -0.3 is 10.4 Å². The van der Waals surface area contributed by atoms with E-state index in [-0.39, 0.29) is 18.6 Å². The maximum Gasteiger partial charge on any atom is 0.271 e. The van der Waals surface area contributed by atoms with Crippen LogP contribution in [0.15, 0.2) is 18.3 Å². The summed E-state index contributed by atoms with van der Waals surface area (Å²) in [5, 5.41) is 11.7. The number of nitrogens with zero attached hydrogens (tertiary/aromatic N) is 1. The third kappa shape index (κ3) is 4.72. The van der Waals surface area contributed by atoms with E-state index in [0.29, 0.717) is 11.3 Å². The molecule has 2 N–H and O–H groups in total. The minimum absolute atomic E-state index is 0.165. The quantitative estimate of drug-likeness (QED) is 0.793. The van der Waals surface area contributed by atoms with Gasteiger partial charge in [0, 0.05) is 12.2 Å². The number of aliphatic hydroxyl groups excluding tert-OH is 1. The summed E-state index contributed by atoms with van der Waals surface area (Å²) in [5.41, 5.74) is 0.860. The standard InChI is InChI=1S/C15H20N2O2/c1-3-7-13(4-2)17-15(19)14-12(9-6-11-18)8-5-10-16-14/h5,8,10,13,18H,3-4,7,11H2,1-2H3,(H,17,19). The summed E-state index contributed by atoms with van der Waals surface area (Å²) in [6, 6.07) is 3.62. The zero-order valence-corrected chi connectivity index (χ0v) is 11.4. The van der Waals surface area contributed by atoms with E-state index in [1.54, 1.807) is 18.3 Å². The van der Waals surface area contributed by atoms with Gasteiger partial charge in [0.25, 0.3) is 5.91 Å². The van der Waals surface area contributed by atoms with Crippen molar-refractivity contribution in [3.05, 3.63) is 29.6 Å². The third-order valence-electron chi connectivity index (χ3n) is 2.79. The van der Waals surface area contributed by atoms with Gasteiger partial charge in [-0.05, 0) is 25.0 Å². The van der Waals surface area contributed by atoms with Crippen LogP contribution < -0.4 is 5.32 Å². The molecule has 1 atom stereocenters. The molecule has 4 heteroatoms. The summed E-state index contributed by atoms with van der Waals surface area (Å²) in [4.78, 5) is 16.3. The van der Waals surface area contributed by atoms with Crippen LogP contribution >= 0.6 is 0 Å². The van der Waals surface area contributed by atoms with Crippen molar-refractivity contribution < 1.29 is 9.90 Å². The molecule has 0 saturated heterocycles. The maximum absolute atomic E-state index is 12.2. The lowest BCUT2D eigenvalue weighted by molar-refractivity contribution is 0.0928. The molecule has 1 unspecified atom stereocenters. The summed E-state index contributed by atoms with van der Waals surface area (Å²) in [6.07, 6.45) is 4.44. The minimum atomic E-state index is -0.233. The fraction of sp³-hybridized carbons (Fsp3) is 0.467. The molecule has 1 amide bonds. The number of aliphatic hydroxyl groups is 1. The largest absolute Gasteiger partial charge is 0.384 e. The Balaban J connectivity index is 2.87. The Bertz CT molecular complexity index is 475. The van der Waals surface area contributed by atoms with E-state index < -0.39 is 0 Å². The number of aromatic nitrogens is 1. The fourth-order valence-corrected chi connectivity index (χ4v) is 1.80. The minimum Gasteiger partial charge on any atom is -0.384 e. The summed E-state index contributed by atoms with van der Waals surface area (Å²) in [6.45, 7) is 3.91. The Kier molecular flexibility index (Phi) is 6.62. The van der Waals surface area contributed by atoms with Gasteiger partial charge in [-0.25, -0.2) is 4.98 Å². The monoisotopic (exact) mass is 260 g/mol. The number of hydrogen-bond acceptors (Lipinski definition) is 3. The van der Waals surface area contributed by atoms with E-state index >= 15 is 0 Å². The van der Waals surface area contributed by atoms with Crippen molar-refractivity contribution in [2.24, 2.45) is 0 Å². The molecule has 19 heavy (non-hydrogen) atoms. The second kappa shape index (κ2) is 8.28. The van der Waals surface area contributed by atoms with E-state index in [0.717, 1.165) is 19.3 Å². The lowest BCUT2D eigenvalue weighted by Crippen LogP contribution is -2.35. The molecule has 0 aliphatic heterocycles. The van der Waals surface area contributed by atoms with Gasteiger partial charge in [-0.15, -0.1) is 0 Å². The van der Waals surface area contributed by atoms with Crippen molar-refractivity contribution in [3.63, 3.8) is 0 Å². The number of carbonyl (C=O) groups is 1. The van der Waals surface area contributed by atoms with Crippen LogP contribution in [0.1, 0.15) is 49.2 Å². The van der Waals surface area contributed by atoms with Crippen LogP contribution in [0.5, 0.6) is 0 Å². The number of pyridine rings is 1. The molecule has 0 saturated carbocycles. The van der Waals surface area contributed by atoms with Gasteiger partial charge in [-0.3, -0.25) is 4.79 Å². The molecule has 0 aliphatic rings. The highest BCUT2D eigenvalue weighted by Crippen LogP contribution is 2.07. The van der Waals surface area contributed by atoms with Gasteiger partial charge in [0.15, 0.2) is 0 Å². The Morgan fingerprint density at radius 2 is 2.32 bits per heavy atom. The smallest absolute Gasteiger partial charge is 0.271 e. The lowest BCUT2D eigenvalue weighted by atomic mass is 10.1. The normalized spacial score (nSPS) is 11.3. The first-order chi connectivity index (χ1) is 9.22. The number of rotatable bonds is 5. The Morgan fingerprint density at radius 1 is 1.53 bits per heavy atom. The number of amides is 1. The molecule has 1 aromatic heterocycles. The second-order valence-corrected chi connectivity index (χ2v) is 4.23. The topological polar surface area (TPSA) is 62.2 Å². The summed E-state index contributed by atoms with van der Waals surface area (Å²) in [5.74, 6) is 5.08. The van der Waals surface area contributed by atoms with Gasteiger partial charge in [-0.1, -0.05) is 32.1 Å². The molecule has 1 aromatic rings. The molecule has 0 aliphatic carbocycles. The van der Waals surface area contributed by atoms with Crippen molar-refractivity contribution in [2.45, 2.75) is 39.2 Å². The van der Waals surface area contributed by atoms with Crippen LogP contribution in [0.25, 0.3) is 0 Å². The van der Waals surface area contributed by atoms with Gasteiger partial charge in [0.2, 0.25) is 0 Å². The van der Waals surface area contributed by atoms with Crippen LogP contribution in [0.2, 0.25) is 0 Å². The molecule has 0 spiro atoms. The Morgan fingerprint density at radius 3 is 2.95 bits per heavy atom. The highest BCUT2D eigenvalue weighted by molar-refractivity contribution is 5.94. The highest BCUT2D eigenvalue weighted by atomic mass is 16.2. The Labute approximate surface area is 114 Å². The summed E-state index contributed by atoms with van der Waals surface area (Å²) >= 11 is 0. The summed E-state index contributed by atoms with van der Waals surface area (Å²) < 4.78 is 0. The molecular weight excluding hydrogens is 240 g/mol. The van der Waals surface area contributed by atoms with Crippen LogP contribution in [0.4, 0.5) is 0 Å². The predicted molar refractivity (Wildman–Crippen MR) is 74.7 cm³/mol. The van der Waals surface area contributed by atoms with E-state index in [1.807, 2.05) is 6.92 Å². The first-order valence-electron chi connectivity index (χ1n) is 6.58.